The number of aliphatic hydroxyl groups is 3. The molecule has 1 saturated heterocycles. The second-order valence-electron chi connectivity index (χ2n) is 11.5. The molecule has 1 amide bonds. The van der Waals surface area contributed by atoms with Gasteiger partial charge in [0.25, 0.3) is 0 Å². The standard InChI is InChI=1S/C28H40N4O7/c1-30(2)19-11-16(13-32-7-5-6-8-32)25(36)24-17(19)9-15-10-18(20(14-33)31(3)4)28(39,21(34)12-22(29)35)27(38)23(15)26(24)37/h11,15,18,20,33,36-37,39H,5-10,12-14H2,1-4H3,(H2,29,35)/t15-,18-,20?,28+/m0/s1. The van der Waals surface area contributed by atoms with Crippen molar-refractivity contribution in [1.29, 1.82) is 0 Å². The van der Waals surface area contributed by atoms with Gasteiger partial charge in [-0.15, -0.1) is 0 Å². The Labute approximate surface area is 228 Å². The van der Waals surface area contributed by atoms with Gasteiger partial charge in [-0.2, -0.15) is 0 Å². The summed E-state index contributed by atoms with van der Waals surface area (Å²) in [5, 5.41) is 44.9. The van der Waals surface area contributed by atoms with Gasteiger partial charge in [-0.25, -0.2) is 0 Å². The third-order valence-electron chi connectivity index (χ3n) is 8.63. The van der Waals surface area contributed by atoms with Crippen LogP contribution >= 0.6 is 0 Å². The fourth-order valence-electron chi connectivity index (χ4n) is 6.65. The van der Waals surface area contributed by atoms with Crippen LogP contribution in [0.2, 0.25) is 0 Å². The van der Waals surface area contributed by atoms with Crippen molar-refractivity contribution in [1.82, 2.24) is 9.80 Å². The minimum atomic E-state index is -2.68. The van der Waals surface area contributed by atoms with E-state index in [-0.39, 0.29) is 29.7 Å². The largest absolute Gasteiger partial charge is 0.507 e. The van der Waals surface area contributed by atoms with Crippen LogP contribution in [0.15, 0.2) is 11.6 Å². The fourth-order valence-corrected chi connectivity index (χ4v) is 6.65. The number of phenols is 1. The number of hydrogen-bond acceptors (Lipinski definition) is 10. The second kappa shape index (κ2) is 10.9. The molecule has 11 heteroatoms. The van der Waals surface area contributed by atoms with Gasteiger partial charge in [0.1, 0.15) is 11.5 Å². The molecule has 11 nitrogen and oxygen atoms in total. The van der Waals surface area contributed by atoms with E-state index < -0.39 is 59.7 Å². The quantitative estimate of drug-likeness (QED) is 0.271. The number of carbonyl (C=O) groups is 3. The minimum Gasteiger partial charge on any atom is -0.507 e. The number of benzene rings is 1. The third kappa shape index (κ3) is 4.93. The molecule has 1 saturated carbocycles. The number of carbonyl (C=O) groups excluding carboxylic acids is 3. The Morgan fingerprint density at radius 1 is 1.18 bits per heavy atom. The Balaban J connectivity index is 1.90. The number of nitrogens with two attached hydrogens (primary N) is 1. The molecule has 1 aliphatic heterocycles. The molecule has 0 bridgehead atoms. The van der Waals surface area contributed by atoms with Gasteiger partial charge in [-0.3, -0.25) is 19.3 Å². The van der Waals surface area contributed by atoms with E-state index in [9.17, 15) is 34.8 Å². The first-order valence-electron chi connectivity index (χ1n) is 13.4. The molecule has 2 fully saturated rings. The number of aliphatic hydroxyl groups excluding tert-OH is 2. The van der Waals surface area contributed by atoms with Gasteiger partial charge in [-0.05, 0) is 70.4 Å². The number of rotatable bonds is 9. The van der Waals surface area contributed by atoms with Crippen LogP contribution in [0.5, 0.6) is 5.75 Å². The number of ketones is 2. The number of likely N-dealkylation sites (tertiary alicyclic amines) is 1. The maximum absolute atomic E-state index is 14.0. The average Bonchev–Trinajstić information content (AvgIpc) is 3.36. The Morgan fingerprint density at radius 3 is 2.36 bits per heavy atom. The molecule has 4 rings (SSSR count). The molecule has 6 N–H and O–H groups in total. The van der Waals surface area contributed by atoms with E-state index in [0.29, 0.717) is 17.7 Å². The highest BCUT2D eigenvalue weighted by atomic mass is 16.3. The van der Waals surface area contributed by atoms with Gasteiger partial charge in [-0.1, -0.05) is 0 Å². The highest BCUT2D eigenvalue weighted by Crippen LogP contribution is 2.51. The van der Waals surface area contributed by atoms with Crippen LogP contribution in [-0.2, 0) is 27.3 Å². The number of amides is 1. The van der Waals surface area contributed by atoms with E-state index in [4.69, 9.17) is 5.73 Å². The highest BCUT2D eigenvalue weighted by molar-refractivity contribution is 6.23. The summed E-state index contributed by atoms with van der Waals surface area (Å²) in [6.07, 6.45) is 1.62. The van der Waals surface area contributed by atoms with Gasteiger partial charge >= 0.3 is 0 Å². The Bertz CT molecular complexity index is 1200. The minimum absolute atomic E-state index is 0.0815. The van der Waals surface area contributed by atoms with E-state index >= 15 is 0 Å². The molecule has 0 radical (unpaired) electrons. The number of phenolic OH excluding ortho intramolecular Hbond substituents is 1. The smallest absolute Gasteiger partial charge is 0.225 e. The van der Waals surface area contributed by atoms with Crippen molar-refractivity contribution in [3.8, 4) is 5.75 Å². The molecular formula is C28H40N4O7. The van der Waals surface area contributed by atoms with E-state index in [1.807, 2.05) is 25.1 Å². The van der Waals surface area contributed by atoms with Gasteiger partial charge in [0.2, 0.25) is 11.7 Å². The van der Waals surface area contributed by atoms with Crippen molar-refractivity contribution in [2.45, 2.75) is 50.3 Å². The number of fused-ring (bicyclic) bond motifs is 2. The summed E-state index contributed by atoms with van der Waals surface area (Å²) in [6.45, 7) is 1.82. The van der Waals surface area contributed by atoms with Crippen molar-refractivity contribution >= 4 is 28.9 Å². The number of Topliss-reactive ketones (excluding diaryl/α,β-unsaturated/α-hetero) is 2. The molecule has 1 heterocycles. The van der Waals surface area contributed by atoms with Gasteiger partial charge in [0.15, 0.2) is 11.4 Å². The number of nitrogens with zero attached hydrogens (tertiary/aromatic N) is 3. The molecular weight excluding hydrogens is 504 g/mol. The highest BCUT2D eigenvalue weighted by Gasteiger charge is 2.60. The zero-order chi connectivity index (χ0) is 28.8. The summed E-state index contributed by atoms with van der Waals surface area (Å²) in [7, 11) is 7.06. The van der Waals surface area contributed by atoms with Crippen molar-refractivity contribution in [2.24, 2.45) is 17.6 Å². The summed E-state index contributed by atoms with van der Waals surface area (Å²) in [4.78, 5) is 44.6. The predicted octanol–water partition coefficient (Wildman–Crippen LogP) is 0.183. The van der Waals surface area contributed by atoms with E-state index in [2.05, 4.69) is 4.90 Å². The van der Waals surface area contributed by atoms with Crippen LogP contribution in [0, 0.1) is 11.8 Å². The lowest BCUT2D eigenvalue weighted by molar-refractivity contribution is -0.163. The molecule has 4 atom stereocenters. The van der Waals surface area contributed by atoms with Crippen LogP contribution in [0.1, 0.15) is 42.4 Å². The van der Waals surface area contributed by atoms with Crippen molar-refractivity contribution in [3.05, 3.63) is 28.3 Å². The molecule has 1 aromatic rings. The number of anilines is 1. The molecule has 2 aliphatic carbocycles. The first-order chi connectivity index (χ1) is 18.3. The molecule has 1 aromatic carbocycles. The van der Waals surface area contributed by atoms with Crippen molar-refractivity contribution in [3.63, 3.8) is 0 Å². The van der Waals surface area contributed by atoms with Gasteiger partial charge < -0.3 is 36.0 Å². The van der Waals surface area contributed by atoms with Crippen LogP contribution in [0.25, 0.3) is 5.76 Å². The molecule has 0 spiro atoms. The SMILES string of the molecule is CN(C)c1cc(CN2CCCC2)c(O)c2c1C[C@H]1C[C@@H](C(CO)N(C)C)[C@@](O)(C(=O)CC(N)=O)C(=O)C1=C2O. The summed E-state index contributed by atoms with van der Waals surface area (Å²) in [5.41, 5.74) is 4.62. The summed E-state index contributed by atoms with van der Waals surface area (Å²) in [6, 6.07) is 1.13. The summed E-state index contributed by atoms with van der Waals surface area (Å²) >= 11 is 0. The number of likely N-dealkylation sites (N-methyl/N-ethyl adjacent to an activating group) is 1. The van der Waals surface area contributed by atoms with Gasteiger partial charge in [0, 0.05) is 49.4 Å². The normalized spacial score (nSPS) is 26.0. The number of hydrogen-bond donors (Lipinski definition) is 5. The van der Waals surface area contributed by atoms with Crippen LogP contribution in [0.3, 0.4) is 0 Å². The maximum atomic E-state index is 14.0. The summed E-state index contributed by atoms with van der Waals surface area (Å²) in [5.74, 6) is -5.35. The van der Waals surface area contributed by atoms with E-state index in [0.717, 1.165) is 31.6 Å². The lowest BCUT2D eigenvalue weighted by atomic mass is 9.59. The Hall–Kier alpha value is -2.99. The van der Waals surface area contributed by atoms with Crippen molar-refractivity contribution in [2.75, 3.05) is 52.8 Å². The third-order valence-corrected chi connectivity index (χ3v) is 8.63. The second-order valence-corrected chi connectivity index (χ2v) is 11.5. The topological polar surface area (TPSA) is 168 Å². The zero-order valence-electron chi connectivity index (χ0n) is 23.1. The summed E-state index contributed by atoms with van der Waals surface area (Å²) < 4.78 is 0. The maximum Gasteiger partial charge on any atom is 0.225 e. The Morgan fingerprint density at radius 2 is 1.82 bits per heavy atom. The van der Waals surface area contributed by atoms with Crippen LogP contribution in [0.4, 0.5) is 5.69 Å². The van der Waals surface area contributed by atoms with Crippen molar-refractivity contribution < 1.29 is 34.8 Å². The lowest BCUT2D eigenvalue weighted by Crippen LogP contribution is -2.64. The first kappa shape index (κ1) is 29.0. The van der Waals surface area contributed by atoms with Gasteiger partial charge in [0.05, 0.1) is 18.6 Å². The zero-order valence-corrected chi connectivity index (χ0v) is 23.1. The van der Waals surface area contributed by atoms with E-state index in [1.165, 1.54) is 0 Å². The Kier molecular flexibility index (Phi) is 8.09. The molecule has 1 unspecified atom stereocenters. The van der Waals surface area contributed by atoms with E-state index in [1.54, 1.807) is 19.0 Å². The average molecular weight is 545 g/mol. The van der Waals surface area contributed by atoms with Crippen LogP contribution < -0.4 is 10.6 Å². The molecule has 39 heavy (non-hydrogen) atoms. The molecule has 0 aromatic heterocycles. The lowest BCUT2D eigenvalue weighted by Gasteiger charge is -2.47. The first-order valence-corrected chi connectivity index (χ1v) is 13.4. The monoisotopic (exact) mass is 544 g/mol. The number of aromatic hydroxyl groups is 1. The molecule has 214 valence electrons. The van der Waals surface area contributed by atoms with Crippen LogP contribution in [-0.4, -0.2) is 107 Å². The number of primary amides is 1. The predicted molar refractivity (Wildman–Crippen MR) is 145 cm³/mol. The fraction of sp³-hybridized carbons (Fsp3) is 0.607. The molecule has 3 aliphatic rings.